The minimum Gasteiger partial charge on any atom is -0.334 e. The van der Waals surface area contributed by atoms with Crippen LogP contribution in [0.15, 0.2) is 12.7 Å². The third-order valence-corrected chi connectivity index (χ3v) is 2.41. The maximum absolute atomic E-state index is 11.7. The van der Waals surface area contributed by atoms with Gasteiger partial charge in [0.05, 0.1) is 0 Å². The predicted octanol–water partition coefficient (Wildman–Crippen LogP) is -1.19. The van der Waals surface area contributed by atoms with Gasteiger partial charge in [0.1, 0.15) is 6.54 Å². The standard InChI is InChI=1S/C11H14N4O5/c1-3-5-12-10(19)13-7(16)6-15-9(18)8(17)14(4-2)11(15)20/h3H,1,4-6H2,2H3,(H2,12,13,16,19). The average Bonchev–Trinajstić information content (AvgIpc) is 2.60. The second kappa shape index (κ2) is 6.45. The molecule has 1 aliphatic rings. The number of amides is 7. The fourth-order valence-electron chi connectivity index (χ4n) is 1.49. The van der Waals surface area contributed by atoms with Crippen LogP contribution in [-0.2, 0) is 14.4 Å². The van der Waals surface area contributed by atoms with Crippen molar-refractivity contribution < 1.29 is 24.0 Å². The lowest BCUT2D eigenvalue weighted by molar-refractivity contribution is -0.143. The molecule has 7 amide bonds. The van der Waals surface area contributed by atoms with Gasteiger partial charge < -0.3 is 5.32 Å². The zero-order valence-corrected chi connectivity index (χ0v) is 10.8. The van der Waals surface area contributed by atoms with Gasteiger partial charge in [0.15, 0.2) is 0 Å². The number of hydrogen-bond acceptors (Lipinski definition) is 5. The molecule has 0 radical (unpaired) electrons. The number of hydrogen-bond donors (Lipinski definition) is 2. The van der Waals surface area contributed by atoms with E-state index in [4.69, 9.17) is 0 Å². The van der Waals surface area contributed by atoms with Gasteiger partial charge in [-0.05, 0) is 6.92 Å². The van der Waals surface area contributed by atoms with Crippen LogP contribution in [-0.4, -0.2) is 59.2 Å². The number of likely N-dealkylation sites (N-methyl/N-ethyl adjacent to an activating group) is 1. The Kier molecular flexibility index (Phi) is 4.95. The number of carbonyl (C=O) groups is 5. The molecule has 9 heteroatoms. The van der Waals surface area contributed by atoms with Gasteiger partial charge in [-0.1, -0.05) is 6.08 Å². The summed E-state index contributed by atoms with van der Waals surface area (Å²) < 4.78 is 0. The van der Waals surface area contributed by atoms with E-state index in [1.54, 1.807) is 0 Å². The molecule has 2 N–H and O–H groups in total. The lowest BCUT2D eigenvalue weighted by Gasteiger charge is -2.13. The van der Waals surface area contributed by atoms with E-state index >= 15 is 0 Å². The molecule has 0 aliphatic carbocycles. The topological polar surface area (TPSA) is 116 Å². The van der Waals surface area contributed by atoms with Crippen LogP contribution in [0, 0.1) is 0 Å². The highest BCUT2D eigenvalue weighted by Gasteiger charge is 2.44. The zero-order valence-electron chi connectivity index (χ0n) is 10.8. The first kappa shape index (κ1) is 15.3. The molecule has 1 saturated heterocycles. The van der Waals surface area contributed by atoms with Crippen LogP contribution in [0.5, 0.6) is 0 Å². The highest BCUT2D eigenvalue weighted by Crippen LogP contribution is 2.10. The highest BCUT2D eigenvalue weighted by atomic mass is 16.2. The van der Waals surface area contributed by atoms with Gasteiger partial charge in [-0.2, -0.15) is 0 Å². The molecular weight excluding hydrogens is 268 g/mol. The van der Waals surface area contributed by atoms with Crippen LogP contribution in [0.2, 0.25) is 0 Å². The summed E-state index contributed by atoms with van der Waals surface area (Å²) in [6, 6.07) is -1.66. The van der Waals surface area contributed by atoms with E-state index in [1.807, 2.05) is 5.32 Å². The van der Waals surface area contributed by atoms with Crippen LogP contribution < -0.4 is 10.6 Å². The van der Waals surface area contributed by atoms with Crippen LogP contribution >= 0.6 is 0 Å². The number of nitrogens with zero attached hydrogens (tertiary/aromatic N) is 2. The van der Waals surface area contributed by atoms with E-state index in [0.717, 1.165) is 0 Å². The van der Waals surface area contributed by atoms with Crippen LogP contribution in [0.1, 0.15) is 6.92 Å². The quantitative estimate of drug-likeness (QED) is 0.373. The Morgan fingerprint density at radius 1 is 1.20 bits per heavy atom. The van der Waals surface area contributed by atoms with Crippen molar-refractivity contribution in [2.45, 2.75) is 6.92 Å². The number of imide groups is 3. The van der Waals surface area contributed by atoms with Gasteiger partial charge in [-0.25, -0.2) is 14.5 Å². The van der Waals surface area contributed by atoms with Crippen molar-refractivity contribution in [1.82, 2.24) is 20.4 Å². The smallest absolute Gasteiger partial charge is 0.334 e. The number of rotatable bonds is 5. The van der Waals surface area contributed by atoms with Crippen molar-refractivity contribution in [3.8, 4) is 0 Å². The molecule has 0 aromatic carbocycles. The van der Waals surface area contributed by atoms with E-state index in [0.29, 0.717) is 9.80 Å². The molecular formula is C11H14N4O5. The molecule has 1 fully saturated rings. The van der Waals surface area contributed by atoms with E-state index in [2.05, 4.69) is 11.9 Å². The first-order valence-corrected chi connectivity index (χ1v) is 5.78. The summed E-state index contributed by atoms with van der Waals surface area (Å²) >= 11 is 0. The van der Waals surface area contributed by atoms with Crippen molar-refractivity contribution in [1.29, 1.82) is 0 Å². The van der Waals surface area contributed by atoms with E-state index in [9.17, 15) is 24.0 Å². The number of urea groups is 2. The maximum Gasteiger partial charge on any atom is 0.334 e. The van der Waals surface area contributed by atoms with Crippen molar-refractivity contribution >= 4 is 29.8 Å². The highest BCUT2D eigenvalue weighted by molar-refractivity contribution is 6.45. The molecule has 108 valence electrons. The average molecular weight is 282 g/mol. The molecule has 0 aromatic heterocycles. The van der Waals surface area contributed by atoms with Crippen molar-refractivity contribution in [2.75, 3.05) is 19.6 Å². The summed E-state index contributed by atoms with van der Waals surface area (Å²) in [5.74, 6) is -2.95. The van der Waals surface area contributed by atoms with E-state index in [-0.39, 0.29) is 13.1 Å². The summed E-state index contributed by atoms with van der Waals surface area (Å²) in [6.45, 7) is 4.39. The molecule has 9 nitrogen and oxygen atoms in total. The van der Waals surface area contributed by atoms with Gasteiger partial charge in [-0.15, -0.1) is 6.58 Å². The van der Waals surface area contributed by atoms with Gasteiger partial charge >= 0.3 is 23.9 Å². The molecule has 0 bridgehead atoms. The van der Waals surface area contributed by atoms with Gasteiger partial charge in [0, 0.05) is 13.1 Å². The fourth-order valence-corrected chi connectivity index (χ4v) is 1.49. The molecule has 0 saturated carbocycles. The zero-order chi connectivity index (χ0) is 15.3. The molecule has 0 aromatic rings. The third kappa shape index (κ3) is 3.19. The Morgan fingerprint density at radius 3 is 2.30 bits per heavy atom. The minimum absolute atomic E-state index is 0.0291. The Morgan fingerprint density at radius 2 is 1.80 bits per heavy atom. The van der Waals surface area contributed by atoms with Crippen LogP contribution in [0.4, 0.5) is 9.59 Å². The third-order valence-electron chi connectivity index (χ3n) is 2.41. The summed E-state index contributed by atoms with van der Waals surface area (Å²) in [5, 5.41) is 4.20. The van der Waals surface area contributed by atoms with Crippen LogP contribution in [0.25, 0.3) is 0 Å². The summed E-state index contributed by atoms with van der Waals surface area (Å²) in [4.78, 5) is 58.4. The Hall–Kier alpha value is -2.71. The van der Waals surface area contributed by atoms with Gasteiger partial charge in [0.25, 0.3) is 0 Å². The fraction of sp³-hybridized carbons (Fsp3) is 0.364. The maximum atomic E-state index is 11.7. The summed E-state index contributed by atoms with van der Waals surface area (Å²) in [7, 11) is 0. The number of nitrogens with one attached hydrogen (secondary N) is 2. The lowest BCUT2D eigenvalue weighted by atomic mass is 10.4. The van der Waals surface area contributed by atoms with Crippen molar-refractivity contribution in [3.05, 3.63) is 12.7 Å². The Labute approximate surface area is 114 Å². The van der Waals surface area contributed by atoms with Crippen LogP contribution in [0.3, 0.4) is 0 Å². The first-order chi connectivity index (χ1) is 9.42. The summed E-state index contributed by atoms with van der Waals surface area (Å²) in [6.07, 6.45) is 1.41. The lowest BCUT2D eigenvalue weighted by Crippen LogP contribution is -2.46. The Bertz CT molecular complexity index is 487. The second-order valence-electron chi connectivity index (χ2n) is 3.77. The minimum atomic E-state index is -1.08. The predicted molar refractivity (Wildman–Crippen MR) is 66.2 cm³/mol. The second-order valence-corrected chi connectivity index (χ2v) is 3.77. The normalized spacial score (nSPS) is 14.6. The monoisotopic (exact) mass is 282 g/mol. The van der Waals surface area contributed by atoms with Crippen molar-refractivity contribution in [3.63, 3.8) is 0 Å². The first-order valence-electron chi connectivity index (χ1n) is 5.78. The van der Waals surface area contributed by atoms with E-state index < -0.39 is 36.3 Å². The molecule has 0 atom stereocenters. The van der Waals surface area contributed by atoms with Crippen molar-refractivity contribution in [2.24, 2.45) is 0 Å². The molecule has 20 heavy (non-hydrogen) atoms. The largest absolute Gasteiger partial charge is 0.334 e. The summed E-state index contributed by atoms with van der Waals surface area (Å²) in [5.41, 5.74) is 0. The molecule has 0 spiro atoms. The molecule has 1 rings (SSSR count). The van der Waals surface area contributed by atoms with Gasteiger partial charge in [0.2, 0.25) is 5.91 Å². The van der Waals surface area contributed by atoms with E-state index in [1.165, 1.54) is 13.0 Å². The van der Waals surface area contributed by atoms with Gasteiger partial charge in [-0.3, -0.25) is 24.6 Å². The molecule has 1 heterocycles. The Balaban J connectivity index is 2.60. The molecule has 1 aliphatic heterocycles. The molecule has 0 unspecified atom stereocenters. The SMILES string of the molecule is C=CCNC(=O)NC(=O)CN1C(=O)C(=O)N(CC)C1=O. The number of carbonyl (C=O) groups excluding carboxylic acids is 5.